The number of hydrogen-bond donors (Lipinski definition) is 1. The first-order valence-corrected chi connectivity index (χ1v) is 7.70. The summed E-state index contributed by atoms with van der Waals surface area (Å²) < 4.78 is 6.10. The summed E-state index contributed by atoms with van der Waals surface area (Å²) in [5.74, 6) is 1.13. The van der Waals surface area contributed by atoms with Gasteiger partial charge in [0.05, 0.1) is 6.54 Å². The highest BCUT2D eigenvalue weighted by Crippen LogP contribution is 2.30. The van der Waals surface area contributed by atoms with Crippen LogP contribution in [0.1, 0.15) is 37.5 Å². The van der Waals surface area contributed by atoms with Crippen LogP contribution >= 0.6 is 0 Å². The van der Waals surface area contributed by atoms with E-state index in [4.69, 9.17) is 4.42 Å². The smallest absolute Gasteiger partial charge is 0.134 e. The molecule has 108 valence electrons. The van der Waals surface area contributed by atoms with Gasteiger partial charge in [0.1, 0.15) is 11.3 Å². The number of hydrogen-bond acceptors (Lipinski definition) is 3. The summed E-state index contributed by atoms with van der Waals surface area (Å²) in [6, 6.07) is 9.11. The molecule has 0 atom stereocenters. The lowest BCUT2D eigenvalue weighted by Gasteiger charge is -2.34. The van der Waals surface area contributed by atoms with Crippen LogP contribution in [-0.4, -0.2) is 24.5 Å². The molecule has 1 fully saturated rings. The Balaban J connectivity index is 1.87. The monoisotopic (exact) mass is 272 g/mol. The first-order chi connectivity index (χ1) is 9.79. The quantitative estimate of drug-likeness (QED) is 0.872. The molecule has 2 aromatic rings. The summed E-state index contributed by atoms with van der Waals surface area (Å²) >= 11 is 0. The van der Waals surface area contributed by atoms with Crippen molar-refractivity contribution < 1.29 is 4.42 Å². The molecule has 0 bridgehead atoms. The number of para-hydroxylation sites is 1. The topological polar surface area (TPSA) is 28.4 Å². The van der Waals surface area contributed by atoms with E-state index < -0.39 is 0 Å². The highest BCUT2D eigenvalue weighted by molar-refractivity contribution is 5.82. The Morgan fingerprint density at radius 2 is 2.10 bits per heavy atom. The van der Waals surface area contributed by atoms with E-state index in [9.17, 15) is 0 Å². The molecule has 0 saturated heterocycles. The van der Waals surface area contributed by atoms with Crippen LogP contribution in [0, 0.1) is 0 Å². The molecule has 0 unspecified atom stereocenters. The van der Waals surface area contributed by atoms with Crippen molar-refractivity contribution in [1.82, 2.24) is 10.2 Å². The van der Waals surface area contributed by atoms with Gasteiger partial charge in [-0.3, -0.25) is 4.90 Å². The fraction of sp³-hybridized carbons (Fsp3) is 0.529. The van der Waals surface area contributed by atoms with Crippen molar-refractivity contribution in [3.8, 4) is 0 Å². The maximum atomic E-state index is 6.10. The van der Waals surface area contributed by atoms with Crippen molar-refractivity contribution in [3.05, 3.63) is 35.6 Å². The Labute approximate surface area is 120 Å². The first kappa shape index (κ1) is 13.7. The molecule has 1 aliphatic carbocycles. The molecule has 0 spiro atoms. The average molecular weight is 272 g/mol. The summed E-state index contributed by atoms with van der Waals surface area (Å²) in [6.07, 6.45) is 4.04. The van der Waals surface area contributed by atoms with E-state index in [1.807, 2.05) is 6.07 Å². The Bertz CT molecular complexity index is 571. The summed E-state index contributed by atoms with van der Waals surface area (Å²) in [6.45, 7) is 4.93. The predicted molar refractivity (Wildman–Crippen MR) is 82.7 cm³/mol. The zero-order valence-electron chi connectivity index (χ0n) is 12.5. The SMILES string of the molecule is CCNCc1c(CN(C)C2CCC2)oc2ccccc12. The molecule has 1 aromatic heterocycles. The van der Waals surface area contributed by atoms with Crippen molar-refractivity contribution in [3.63, 3.8) is 0 Å². The van der Waals surface area contributed by atoms with Crippen molar-refractivity contribution in [2.24, 2.45) is 0 Å². The zero-order chi connectivity index (χ0) is 13.9. The van der Waals surface area contributed by atoms with Crippen molar-refractivity contribution >= 4 is 11.0 Å². The molecule has 1 heterocycles. The van der Waals surface area contributed by atoms with E-state index in [0.717, 1.165) is 37.0 Å². The Kier molecular flexibility index (Phi) is 4.08. The molecule has 1 saturated carbocycles. The van der Waals surface area contributed by atoms with Gasteiger partial charge in [0.25, 0.3) is 0 Å². The highest BCUT2D eigenvalue weighted by atomic mass is 16.3. The fourth-order valence-corrected chi connectivity index (χ4v) is 2.90. The normalized spacial score (nSPS) is 15.9. The van der Waals surface area contributed by atoms with Gasteiger partial charge < -0.3 is 9.73 Å². The van der Waals surface area contributed by atoms with Crippen LogP contribution in [0.5, 0.6) is 0 Å². The molecule has 0 aliphatic heterocycles. The molecule has 1 aromatic carbocycles. The van der Waals surface area contributed by atoms with Gasteiger partial charge in [0.2, 0.25) is 0 Å². The van der Waals surface area contributed by atoms with E-state index in [1.54, 1.807) is 0 Å². The lowest BCUT2D eigenvalue weighted by atomic mass is 9.92. The molecular weight excluding hydrogens is 248 g/mol. The van der Waals surface area contributed by atoms with Crippen LogP contribution in [0.25, 0.3) is 11.0 Å². The number of nitrogens with one attached hydrogen (secondary N) is 1. The minimum atomic E-state index is 0.746. The second kappa shape index (κ2) is 5.98. The van der Waals surface area contributed by atoms with Gasteiger partial charge >= 0.3 is 0 Å². The van der Waals surface area contributed by atoms with E-state index in [2.05, 4.69) is 42.4 Å². The second-order valence-electron chi connectivity index (χ2n) is 5.78. The van der Waals surface area contributed by atoms with Gasteiger partial charge in [-0.25, -0.2) is 0 Å². The first-order valence-electron chi connectivity index (χ1n) is 7.70. The van der Waals surface area contributed by atoms with Gasteiger partial charge in [-0.05, 0) is 32.5 Å². The Morgan fingerprint density at radius 3 is 2.80 bits per heavy atom. The fourth-order valence-electron chi connectivity index (χ4n) is 2.90. The molecule has 3 heteroatoms. The third kappa shape index (κ3) is 2.60. The second-order valence-corrected chi connectivity index (χ2v) is 5.78. The van der Waals surface area contributed by atoms with Crippen LogP contribution in [0.2, 0.25) is 0 Å². The highest BCUT2D eigenvalue weighted by Gasteiger charge is 2.24. The molecule has 1 aliphatic rings. The summed E-state index contributed by atoms with van der Waals surface area (Å²) in [5.41, 5.74) is 2.34. The summed E-state index contributed by atoms with van der Waals surface area (Å²) in [7, 11) is 2.22. The third-order valence-corrected chi connectivity index (χ3v) is 4.42. The Morgan fingerprint density at radius 1 is 1.30 bits per heavy atom. The molecule has 20 heavy (non-hydrogen) atoms. The molecule has 1 N–H and O–H groups in total. The lowest BCUT2D eigenvalue weighted by molar-refractivity contribution is 0.143. The van der Waals surface area contributed by atoms with Crippen LogP contribution in [-0.2, 0) is 13.1 Å². The molecule has 3 rings (SSSR count). The molecule has 3 nitrogen and oxygen atoms in total. The number of rotatable bonds is 6. The summed E-state index contributed by atoms with van der Waals surface area (Å²) in [5, 5.41) is 4.69. The van der Waals surface area contributed by atoms with Crippen LogP contribution < -0.4 is 5.32 Å². The van der Waals surface area contributed by atoms with E-state index in [1.165, 1.54) is 30.2 Å². The van der Waals surface area contributed by atoms with E-state index in [0.29, 0.717) is 0 Å². The third-order valence-electron chi connectivity index (χ3n) is 4.42. The predicted octanol–water partition coefficient (Wildman–Crippen LogP) is 3.53. The maximum absolute atomic E-state index is 6.10. The molecular formula is C17H24N2O. The minimum absolute atomic E-state index is 0.746. The lowest BCUT2D eigenvalue weighted by Crippen LogP contribution is -2.36. The largest absolute Gasteiger partial charge is 0.459 e. The van der Waals surface area contributed by atoms with Crippen LogP contribution in [0.4, 0.5) is 0 Å². The molecule has 0 amide bonds. The van der Waals surface area contributed by atoms with Gasteiger partial charge in [0, 0.05) is 23.5 Å². The van der Waals surface area contributed by atoms with Crippen molar-refractivity contribution in [1.29, 1.82) is 0 Å². The maximum Gasteiger partial charge on any atom is 0.134 e. The number of furan rings is 1. The average Bonchev–Trinajstić information content (AvgIpc) is 2.71. The zero-order valence-corrected chi connectivity index (χ0v) is 12.5. The molecule has 0 radical (unpaired) electrons. The van der Waals surface area contributed by atoms with Crippen molar-refractivity contribution in [2.75, 3.05) is 13.6 Å². The van der Waals surface area contributed by atoms with Gasteiger partial charge in [-0.1, -0.05) is 31.5 Å². The number of benzene rings is 1. The standard InChI is InChI=1S/C17H24N2O/c1-3-18-11-15-14-9-4-5-10-16(14)20-17(15)12-19(2)13-7-6-8-13/h4-5,9-10,13,18H,3,6-8,11-12H2,1-2H3. The Hall–Kier alpha value is -1.32. The summed E-state index contributed by atoms with van der Waals surface area (Å²) in [4.78, 5) is 2.44. The number of nitrogens with zero attached hydrogens (tertiary/aromatic N) is 1. The number of fused-ring (bicyclic) bond motifs is 1. The van der Waals surface area contributed by atoms with E-state index in [-0.39, 0.29) is 0 Å². The van der Waals surface area contributed by atoms with Gasteiger partial charge in [-0.15, -0.1) is 0 Å². The van der Waals surface area contributed by atoms with Gasteiger partial charge in [0.15, 0.2) is 0 Å². The van der Waals surface area contributed by atoms with Crippen LogP contribution in [0.15, 0.2) is 28.7 Å². The van der Waals surface area contributed by atoms with E-state index >= 15 is 0 Å². The van der Waals surface area contributed by atoms with Gasteiger partial charge in [-0.2, -0.15) is 0 Å². The van der Waals surface area contributed by atoms with Crippen LogP contribution in [0.3, 0.4) is 0 Å². The van der Waals surface area contributed by atoms with Crippen molar-refractivity contribution in [2.45, 2.75) is 45.3 Å². The minimum Gasteiger partial charge on any atom is -0.459 e.